The van der Waals surface area contributed by atoms with Gasteiger partial charge in [0.2, 0.25) is 5.91 Å². The Morgan fingerprint density at radius 3 is 2.59 bits per heavy atom. The number of carbonyl (C=O) groups is 1. The van der Waals surface area contributed by atoms with Crippen molar-refractivity contribution >= 4 is 17.6 Å². The van der Waals surface area contributed by atoms with Crippen molar-refractivity contribution in [3.63, 3.8) is 0 Å². The summed E-state index contributed by atoms with van der Waals surface area (Å²) in [5.41, 5.74) is 1.07. The molecule has 0 bridgehead atoms. The summed E-state index contributed by atoms with van der Waals surface area (Å²) in [5, 5.41) is 6.54. The number of hydrogen-bond donors (Lipinski definition) is 2. The van der Waals surface area contributed by atoms with Crippen LogP contribution in [0.25, 0.3) is 0 Å². The van der Waals surface area contributed by atoms with Gasteiger partial charge in [0.05, 0.1) is 12.1 Å². The Hall–Kier alpha value is -2.28. The third-order valence-electron chi connectivity index (χ3n) is 5.60. The lowest BCUT2D eigenvalue weighted by atomic mass is 10.0. The first-order valence-electron chi connectivity index (χ1n) is 10.8. The Balaban J connectivity index is 1.40. The molecule has 2 saturated heterocycles. The number of nitrogens with one attached hydrogen (secondary N) is 2. The number of amides is 1. The van der Waals surface area contributed by atoms with Crippen LogP contribution in [0.15, 0.2) is 35.3 Å². The molecule has 1 aromatic rings. The van der Waals surface area contributed by atoms with Crippen molar-refractivity contribution in [2.24, 2.45) is 4.99 Å². The first-order chi connectivity index (χ1) is 14.1. The van der Waals surface area contributed by atoms with E-state index in [1.807, 2.05) is 17.9 Å². The molecule has 0 spiro atoms. The van der Waals surface area contributed by atoms with E-state index in [2.05, 4.69) is 51.7 Å². The summed E-state index contributed by atoms with van der Waals surface area (Å²) in [4.78, 5) is 21.6. The zero-order valence-electron chi connectivity index (χ0n) is 17.8. The fraction of sp³-hybridized carbons (Fsp3) is 0.636. The van der Waals surface area contributed by atoms with Gasteiger partial charge in [-0.1, -0.05) is 18.2 Å². The number of anilines is 1. The zero-order chi connectivity index (χ0) is 20.5. The molecule has 1 aromatic carbocycles. The van der Waals surface area contributed by atoms with E-state index in [0.717, 1.165) is 58.1 Å². The van der Waals surface area contributed by atoms with E-state index in [0.29, 0.717) is 19.5 Å². The van der Waals surface area contributed by atoms with Crippen molar-refractivity contribution in [1.82, 2.24) is 15.5 Å². The summed E-state index contributed by atoms with van der Waals surface area (Å²) in [6, 6.07) is 10.4. The third-order valence-corrected chi connectivity index (χ3v) is 5.60. The van der Waals surface area contributed by atoms with Crippen LogP contribution in [0.5, 0.6) is 0 Å². The van der Waals surface area contributed by atoms with Gasteiger partial charge in [0.25, 0.3) is 0 Å². The fourth-order valence-corrected chi connectivity index (χ4v) is 3.85. The van der Waals surface area contributed by atoms with E-state index in [4.69, 9.17) is 4.74 Å². The minimum absolute atomic E-state index is 0.156. The number of benzene rings is 1. The number of para-hydroxylation sites is 1. The molecule has 2 aliphatic rings. The third kappa shape index (κ3) is 6.35. The predicted molar refractivity (Wildman–Crippen MR) is 117 cm³/mol. The van der Waals surface area contributed by atoms with Crippen molar-refractivity contribution in [2.45, 2.75) is 38.7 Å². The van der Waals surface area contributed by atoms with Crippen LogP contribution in [0.1, 0.15) is 33.1 Å². The maximum Gasteiger partial charge on any atom is 0.224 e. The molecule has 7 nitrogen and oxygen atoms in total. The van der Waals surface area contributed by atoms with Crippen molar-refractivity contribution in [2.75, 3.05) is 57.3 Å². The second-order valence-corrected chi connectivity index (χ2v) is 7.98. The number of rotatable bonds is 7. The lowest BCUT2D eigenvalue weighted by molar-refractivity contribution is -0.131. The van der Waals surface area contributed by atoms with E-state index in [1.165, 1.54) is 5.69 Å². The van der Waals surface area contributed by atoms with E-state index in [-0.39, 0.29) is 11.5 Å². The van der Waals surface area contributed by atoms with E-state index >= 15 is 0 Å². The molecule has 0 aliphatic carbocycles. The molecule has 2 N–H and O–H groups in total. The normalized spacial score (nSPS) is 22.6. The van der Waals surface area contributed by atoms with Gasteiger partial charge in [-0.25, -0.2) is 0 Å². The Morgan fingerprint density at radius 2 is 1.93 bits per heavy atom. The molecule has 3 rings (SSSR count). The van der Waals surface area contributed by atoms with Gasteiger partial charge in [-0.15, -0.1) is 0 Å². The van der Waals surface area contributed by atoms with Crippen molar-refractivity contribution < 1.29 is 9.53 Å². The topological polar surface area (TPSA) is 69.2 Å². The minimum Gasteiger partial charge on any atom is -0.373 e. The van der Waals surface area contributed by atoms with Crippen LogP contribution in [-0.2, 0) is 9.53 Å². The number of guanidine groups is 1. The van der Waals surface area contributed by atoms with Gasteiger partial charge < -0.3 is 25.2 Å². The molecule has 0 saturated carbocycles. The molecule has 29 heavy (non-hydrogen) atoms. The quantitative estimate of drug-likeness (QED) is 0.539. The van der Waals surface area contributed by atoms with Crippen molar-refractivity contribution in [3.8, 4) is 0 Å². The molecule has 1 amide bonds. The highest BCUT2D eigenvalue weighted by molar-refractivity contribution is 5.81. The largest absolute Gasteiger partial charge is 0.373 e. The first kappa shape index (κ1) is 21.4. The highest BCUT2D eigenvalue weighted by atomic mass is 16.5. The summed E-state index contributed by atoms with van der Waals surface area (Å²) in [7, 11) is 0. The second-order valence-electron chi connectivity index (χ2n) is 7.98. The van der Waals surface area contributed by atoms with Crippen LogP contribution < -0.4 is 15.5 Å². The average Bonchev–Trinajstić information content (AvgIpc) is 3.19. The Labute approximate surface area is 174 Å². The summed E-state index contributed by atoms with van der Waals surface area (Å²) < 4.78 is 5.80. The number of nitrogens with zero attached hydrogens (tertiary/aromatic N) is 3. The number of piperazine rings is 1. The highest BCUT2D eigenvalue weighted by Gasteiger charge is 2.29. The highest BCUT2D eigenvalue weighted by Crippen LogP contribution is 2.25. The molecule has 7 heteroatoms. The standard InChI is InChI=1S/C22H35N5O2/c1-3-23-21(25-18-22(2)11-7-17-29-22)24-12-10-20(28)27-15-13-26(14-16-27)19-8-5-4-6-9-19/h4-6,8-9H,3,7,10-18H2,1-2H3,(H2,23,24,25). The molecule has 0 aromatic heterocycles. The summed E-state index contributed by atoms with van der Waals surface area (Å²) in [6.45, 7) is 10.3. The van der Waals surface area contributed by atoms with Crippen molar-refractivity contribution in [3.05, 3.63) is 30.3 Å². The second kappa shape index (κ2) is 10.5. The molecule has 0 radical (unpaired) electrons. The Morgan fingerprint density at radius 1 is 1.17 bits per heavy atom. The monoisotopic (exact) mass is 401 g/mol. The lowest BCUT2D eigenvalue weighted by Gasteiger charge is -2.36. The van der Waals surface area contributed by atoms with Gasteiger partial charge in [-0.05, 0) is 38.8 Å². The number of ether oxygens (including phenoxy) is 1. The summed E-state index contributed by atoms with van der Waals surface area (Å²) in [5.74, 6) is 0.957. The van der Waals surface area contributed by atoms with Crippen LogP contribution in [0.4, 0.5) is 5.69 Å². The van der Waals surface area contributed by atoms with Crippen molar-refractivity contribution in [1.29, 1.82) is 0 Å². The first-order valence-corrected chi connectivity index (χ1v) is 10.8. The van der Waals surface area contributed by atoms with Crippen LogP contribution in [0.3, 0.4) is 0 Å². The van der Waals surface area contributed by atoms with Gasteiger partial charge in [0.1, 0.15) is 0 Å². The van der Waals surface area contributed by atoms with Gasteiger partial charge >= 0.3 is 0 Å². The molecule has 2 aliphatic heterocycles. The molecule has 1 atom stereocenters. The molecular formula is C22H35N5O2. The Bertz CT molecular complexity index is 665. The summed E-state index contributed by atoms with van der Waals surface area (Å²) in [6.07, 6.45) is 2.62. The lowest BCUT2D eigenvalue weighted by Crippen LogP contribution is -2.49. The SMILES string of the molecule is CCNC(=NCC1(C)CCCO1)NCCC(=O)N1CCN(c2ccccc2)CC1. The smallest absolute Gasteiger partial charge is 0.224 e. The van der Waals surface area contributed by atoms with Crippen LogP contribution >= 0.6 is 0 Å². The summed E-state index contributed by atoms with van der Waals surface area (Å²) >= 11 is 0. The van der Waals surface area contributed by atoms with E-state index in [1.54, 1.807) is 0 Å². The minimum atomic E-state index is -0.156. The van der Waals surface area contributed by atoms with Gasteiger partial charge in [0, 0.05) is 58.0 Å². The number of aliphatic imine (C=N–C) groups is 1. The number of hydrogen-bond acceptors (Lipinski definition) is 4. The molecule has 160 valence electrons. The zero-order valence-corrected chi connectivity index (χ0v) is 17.8. The Kier molecular flexibility index (Phi) is 7.75. The van der Waals surface area contributed by atoms with Crippen LogP contribution in [-0.4, -0.2) is 74.8 Å². The predicted octanol–water partition coefficient (Wildman–Crippen LogP) is 1.85. The van der Waals surface area contributed by atoms with Gasteiger partial charge in [0.15, 0.2) is 5.96 Å². The maximum absolute atomic E-state index is 12.6. The van der Waals surface area contributed by atoms with E-state index < -0.39 is 0 Å². The molecule has 2 fully saturated rings. The molecule has 1 unspecified atom stereocenters. The number of carbonyl (C=O) groups excluding carboxylic acids is 1. The fourth-order valence-electron chi connectivity index (χ4n) is 3.85. The maximum atomic E-state index is 12.6. The van der Waals surface area contributed by atoms with Gasteiger partial charge in [-0.2, -0.15) is 0 Å². The average molecular weight is 402 g/mol. The molecular weight excluding hydrogens is 366 g/mol. The van der Waals surface area contributed by atoms with Gasteiger partial charge in [-0.3, -0.25) is 9.79 Å². The van der Waals surface area contributed by atoms with E-state index in [9.17, 15) is 4.79 Å². The van der Waals surface area contributed by atoms with Crippen LogP contribution in [0, 0.1) is 0 Å². The van der Waals surface area contributed by atoms with Crippen LogP contribution in [0.2, 0.25) is 0 Å². The molecule has 2 heterocycles.